The summed E-state index contributed by atoms with van der Waals surface area (Å²) in [6.45, 7) is 0. The average molecular weight is 412 g/mol. The highest BCUT2D eigenvalue weighted by molar-refractivity contribution is 7.98. The van der Waals surface area contributed by atoms with E-state index in [0.717, 1.165) is 25.8 Å². The highest BCUT2D eigenvalue weighted by atomic mass is 32.2. The second-order valence-electron chi connectivity index (χ2n) is 6.05. The number of nitrogens with two attached hydrogens (primary N) is 1. The van der Waals surface area contributed by atoms with E-state index >= 15 is 0 Å². The molecule has 3 aromatic heterocycles. The van der Waals surface area contributed by atoms with Crippen molar-refractivity contribution >= 4 is 45.0 Å². The Morgan fingerprint density at radius 1 is 1.29 bits per heavy atom. The van der Waals surface area contributed by atoms with Crippen LogP contribution >= 0.6 is 23.1 Å². The van der Waals surface area contributed by atoms with Crippen LogP contribution in [-0.2, 0) is 17.5 Å². The van der Waals surface area contributed by atoms with Gasteiger partial charge in [-0.25, -0.2) is 9.78 Å². The van der Waals surface area contributed by atoms with Crippen molar-refractivity contribution in [3.05, 3.63) is 53.7 Å². The highest BCUT2D eigenvalue weighted by Crippen LogP contribution is 2.39. The van der Waals surface area contributed by atoms with E-state index in [0.29, 0.717) is 22.8 Å². The molecule has 1 aromatic carbocycles. The van der Waals surface area contributed by atoms with Crippen molar-refractivity contribution in [2.24, 2.45) is 7.05 Å². The van der Waals surface area contributed by atoms with Crippen LogP contribution in [-0.4, -0.2) is 32.8 Å². The van der Waals surface area contributed by atoms with Crippen LogP contribution in [0.4, 0.5) is 5.69 Å². The fraction of sp³-hybridized carbons (Fsp3) is 0.158. The molecule has 3 heterocycles. The number of carbonyl (C=O) groups excluding carboxylic acids is 1. The maximum atomic E-state index is 11.7. The van der Waals surface area contributed by atoms with Crippen molar-refractivity contribution < 1.29 is 9.53 Å². The molecule has 0 aliphatic carbocycles. The summed E-state index contributed by atoms with van der Waals surface area (Å²) in [4.78, 5) is 17.8. The molecule has 4 aromatic rings. The first kappa shape index (κ1) is 18.5. The summed E-state index contributed by atoms with van der Waals surface area (Å²) in [6, 6.07) is 11.2. The Kier molecular flexibility index (Phi) is 5.01. The van der Waals surface area contributed by atoms with E-state index in [9.17, 15) is 4.79 Å². The monoisotopic (exact) mass is 411 g/mol. The van der Waals surface area contributed by atoms with E-state index in [1.54, 1.807) is 24.0 Å². The fourth-order valence-electron chi connectivity index (χ4n) is 2.81. The Bertz CT molecular complexity index is 1170. The van der Waals surface area contributed by atoms with E-state index < -0.39 is 0 Å². The number of hydrogen-bond acceptors (Lipinski definition) is 8. The number of nitrogen functional groups attached to an aromatic ring is 1. The van der Waals surface area contributed by atoms with Gasteiger partial charge in [0.1, 0.15) is 4.83 Å². The maximum absolute atomic E-state index is 11.7. The number of thiophene rings is 1. The molecule has 0 amide bonds. The predicted molar refractivity (Wildman–Crippen MR) is 111 cm³/mol. The zero-order valence-corrected chi connectivity index (χ0v) is 16.9. The van der Waals surface area contributed by atoms with Crippen LogP contribution in [0.1, 0.15) is 15.9 Å². The Labute approximate surface area is 169 Å². The molecule has 0 aliphatic rings. The lowest BCUT2D eigenvalue weighted by Crippen LogP contribution is -2.01. The van der Waals surface area contributed by atoms with Crippen LogP contribution < -0.4 is 5.73 Å². The zero-order chi connectivity index (χ0) is 19.7. The fourth-order valence-corrected chi connectivity index (χ4v) is 4.75. The molecule has 0 radical (unpaired) electrons. The molecule has 0 saturated carbocycles. The van der Waals surface area contributed by atoms with Gasteiger partial charge in [-0.3, -0.25) is 0 Å². The smallest absolute Gasteiger partial charge is 0.337 e. The number of aromatic nitrogens is 4. The Morgan fingerprint density at radius 2 is 2.14 bits per heavy atom. The number of thioether (sulfide) groups is 1. The first-order valence-electron chi connectivity index (χ1n) is 8.41. The average Bonchev–Trinajstić information content (AvgIpc) is 3.25. The second kappa shape index (κ2) is 7.61. The van der Waals surface area contributed by atoms with Crippen molar-refractivity contribution in [1.82, 2.24) is 19.7 Å². The topological polar surface area (TPSA) is 95.9 Å². The van der Waals surface area contributed by atoms with Crippen molar-refractivity contribution in [2.75, 3.05) is 12.8 Å². The number of ether oxygens (including phenoxy) is 1. The number of hydrogen-bond donors (Lipinski definition) is 1. The normalized spacial score (nSPS) is 11.1. The maximum Gasteiger partial charge on any atom is 0.337 e. The van der Waals surface area contributed by atoms with Gasteiger partial charge in [-0.15, -0.1) is 21.5 Å². The van der Waals surface area contributed by atoms with Gasteiger partial charge < -0.3 is 15.0 Å². The molecule has 0 bridgehead atoms. The van der Waals surface area contributed by atoms with Crippen LogP contribution in [0.5, 0.6) is 0 Å². The lowest BCUT2D eigenvalue weighted by atomic mass is 10.1. The summed E-state index contributed by atoms with van der Waals surface area (Å²) in [6.07, 6.45) is 1.75. The molecule has 2 N–H and O–H groups in total. The highest BCUT2D eigenvalue weighted by Gasteiger charge is 2.18. The lowest BCUT2D eigenvalue weighted by molar-refractivity contribution is 0.0600. The van der Waals surface area contributed by atoms with E-state index in [1.165, 1.54) is 18.4 Å². The molecule has 142 valence electrons. The summed E-state index contributed by atoms with van der Waals surface area (Å²) in [5.41, 5.74) is 8.52. The lowest BCUT2D eigenvalue weighted by Gasteiger charge is -2.05. The van der Waals surface area contributed by atoms with Crippen molar-refractivity contribution in [2.45, 2.75) is 10.9 Å². The molecule has 28 heavy (non-hydrogen) atoms. The first-order valence-corrected chi connectivity index (χ1v) is 10.2. The van der Waals surface area contributed by atoms with Gasteiger partial charge in [-0.1, -0.05) is 23.9 Å². The standard InChI is InChI=1S/C19H17N5O2S2/c1-24-16(15-14(20)13-7-4-8-21-17(13)28-15)22-23-19(24)27-10-11-5-3-6-12(9-11)18(25)26-2/h3-9H,10,20H2,1-2H3. The van der Waals surface area contributed by atoms with E-state index in [1.807, 2.05) is 41.9 Å². The van der Waals surface area contributed by atoms with Gasteiger partial charge >= 0.3 is 5.97 Å². The number of rotatable bonds is 5. The molecule has 0 aliphatic heterocycles. The number of fused-ring (bicyclic) bond motifs is 1. The summed E-state index contributed by atoms with van der Waals surface area (Å²) < 4.78 is 6.70. The summed E-state index contributed by atoms with van der Waals surface area (Å²) in [7, 11) is 3.29. The van der Waals surface area contributed by atoms with Gasteiger partial charge in [-0.05, 0) is 29.8 Å². The van der Waals surface area contributed by atoms with Gasteiger partial charge in [0.25, 0.3) is 0 Å². The van der Waals surface area contributed by atoms with Crippen molar-refractivity contribution in [3.8, 4) is 10.7 Å². The zero-order valence-electron chi connectivity index (χ0n) is 15.2. The molecule has 0 saturated heterocycles. The molecular formula is C19H17N5O2S2. The van der Waals surface area contributed by atoms with Gasteiger partial charge in [0.2, 0.25) is 0 Å². The number of anilines is 1. The third-order valence-corrected chi connectivity index (χ3v) is 6.48. The summed E-state index contributed by atoms with van der Waals surface area (Å²) >= 11 is 3.05. The third-order valence-electron chi connectivity index (χ3n) is 4.26. The second-order valence-corrected chi connectivity index (χ2v) is 7.99. The minimum atomic E-state index is -0.346. The number of benzene rings is 1. The van der Waals surface area contributed by atoms with Crippen molar-refractivity contribution in [3.63, 3.8) is 0 Å². The van der Waals surface area contributed by atoms with Crippen molar-refractivity contribution in [1.29, 1.82) is 0 Å². The van der Waals surface area contributed by atoms with Gasteiger partial charge in [-0.2, -0.15) is 0 Å². The van der Waals surface area contributed by atoms with E-state index in [4.69, 9.17) is 10.5 Å². The largest absolute Gasteiger partial charge is 0.465 e. The number of pyridine rings is 1. The molecule has 0 atom stereocenters. The molecule has 0 unspecified atom stereocenters. The molecule has 0 spiro atoms. The molecule has 7 nitrogen and oxygen atoms in total. The number of esters is 1. The molecule has 0 fully saturated rings. The van der Waals surface area contributed by atoms with Crippen LogP contribution in [0, 0.1) is 0 Å². The quantitative estimate of drug-likeness (QED) is 0.395. The molecular weight excluding hydrogens is 394 g/mol. The molecule has 9 heteroatoms. The number of nitrogens with zero attached hydrogens (tertiary/aromatic N) is 4. The van der Waals surface area contributed by atoms with Crippen LogP contribution in [0.25, 0.3) is 20.9 Å². The Hall–Kier alpha value is -2.91. The van der Waals surface area contributed by atoms with Gasteiger partial charge in [0.15, 0.2) is 11.0 Å². The van der Waals surface area contributed by atoms with Gasteiger partial charge in [0.05, 0.1) is 23.2 Å². The summed E-state index contributed by atoms with van der Waals surface area (Å²) in [5.74, 6) is 1.02. The van der Waals surface area contributed by atoms with E-state index in [2.05, 4.69) is 15.2 Å². The predicted octanol–water partition coefficient (Wildman–Crippen LogP) is 3.75. The number of methoxy groups -OCH3 is 1. The third kappa shape index (κ3) is 3.34. The van der Waals surface area contributed by atoms with Crippen LogP contribution in [0.3, 0.4) is 0 Å². The minimum absolute atomic E-state index is 0.346. The number of carbonyl (C=O) groups is 1. The SMILES string of the molecule is COC(=O)c1cccc(CSc2nnc(-c3sc4ncccc4c3N)n2C)c1. The van der Waals surface area contributed by atoms with E-state index in [-0.39, 0.29) is 5.97 Å². The van der Waals surface area contributed by atoms with Crippen LogP contribution in [0.15, 0.2) is 47.8 Å². The van der Waals surface area contributed by atoms with Gasteiger partial charge in [0, 0.05) is 24.4 Å². The minimum Gasteiger partial charge on any atom is -0.465 e. The Balaban J connectivity index is 1.57. The van der Waals surface area contributed by atoms with Crippen LogP contribution in [0.2, 0.25) is 0 Å². The molecule has 4 rings (SSSR count). The Morgan fingerprint density at radius 3 is 2.93 bits per heavy atom. The first-order chi connectivity index (χ1) is 13.6. The summed E-state index contributed by atoms with van der Waals surface area (Å²) in [5, 5.41) is 10.3.